The minimum atomic E-state index is -0.108. The largest absolute Gasteiger partial charge is 0.0654 e. The molecule has 0 N–H and O–H groups in total. The first-order valence-electron chi connectivity index (χ1n) is 12.7. The van der Waals surface area contributed by atoms with Gasteiger partial charge in [0.15, 0.2) is 0 Å². The third-order valence-corrected chi connectivity index (χ3v) is 7.72. The van der Waals surface area contributed by atoms with Crippen molar-refractivity contribution in [3.63, 3.8) is 0 Å². The van der Waals surface area contributed by atoms with Crippen LogP contribution in [0.1, 0.15) is 96.5 Å². The molecule has 0 aromatic heterocycles. The molecule has 0 bridgehead atoms. The highest BCUT2D eigenvalue weighted by atomic mass is 14.4. The van der Waals surface area contributed by atoms with Crippen molar-refractivity contribution in [1.29, 1.82) is 0 Å². The van der Waals surface area contributed by atoms with Crippen molar-refractivity contribution in [2.75, 3.05) is 0 Å². The molecular formula is C32H40. The maximum Gasteiger partial charge on any atom is 0.0435 e. The monoisotopic (exact) mass is 424 g/mol. The lowest BCUT2D eigenvalue weighted by Gasteiger charge is -2.30. The summed E-state index contributed by atoms with van der Waals surface area (Å²) in [6, 6.07) is 17.2. The summed E-state index contributed by atoms with van der Waals surface area (Å²) in [5, 5.41) is 0. The first-order valence-corrected chi connectivity index (χ1v) is 12.7. The van der Waals surface area contributed by atoms with Gasteiger partial charge in [-0.3, -0.25) is 0 Å². The molecule has 0 aliphatic heterocycles. The van der Waals surface area contributed by atoms with Crippen LogP contribution in [0.5, 0.6) is 0 Å². The SMILES string of the molecule is CCCCc1cc2c(cc1C)C(C)(c1cc(C)cc(C)c1)c1cc(C)c(CCCC)cc1-2. The molecule has 0 heterocycles. The Labute approximate surface area is 196 Å². The van der Waals surface area contributed by atoms with Crippen LogP contribution in [0.2, 0.25) is 0 Å². The Morgan fingerprint density at radius 2 is 1.03 bits per heavy atom. The van der Waals surface area contributed by atoms with Crippen LogP contribution in [-0.2, 0) is 18.3 Å². The molecule has 0 spiro atoms. The fraction of sp³-hybridized carbons (Fsp3) is 0.438. The quantitative estimate of drug-likeness (QED) is 0.355. The van der Waals surface area contributed by atoms with Crippen LogP contribution in [-0.4, -0.2) is 0 Å². The van der Waals surface area contributed by atoms with Crippen LogP contribution >= 0.6 is 0 Å². The minimum absolute atomic E-state index is 0.108. The maximum absolute atomic E-state index is 2.53. The zero-order chi connectivity index (χ0) is 23.0. The Bertz CT molecular complexity index is 1060. The second kappa shape index (κ2) is 8.89. The Hall–Kier alpha value is -2.34. The van der Waals surface area contributed by atoms with Gasteiger partial charge in [0, 0.05) is 5.41 Å². The summed E-state index contributed by atoms with van der Waals surface area (Å²) in [7, 11) is 0. The summed E-state index contributed by atoms with van der Waals surface area (Å²) in [4.78, 5) is 0. The minimum Gasteiger partial charge on any atom is -0.0654 e. The number of rotatable bonds is 7. The van der Waals surface area contributed by atoms with Gasteiger partial charge < -0.3 is 0 Å². The molecule has 0 heteroatoms. The van der Waals surface area contributed by atoms with Gasteiger partial charge in [-0.15, -0.1) is 0 Å². The van der Waals surface area contributed by atoms with Crippen molar-refractivity contribution in [1.82, 2.24) is 0 Å². The molecule has 0 saturated carbocycles. The first-order chi connectivity index (χ1) is 15.3. The van der Waals surface area contributed by atoms with Gasteiger partial charge in [0.1, 0.15) is 0 Å². The summed E-state index contributed by atoms with van der Waals surface area (Å²) in [5.74, 6) is 0. The van der Waals surface area contributed by atoms with E-state index in [4.69, 9.17) is 0 Å². The van der Waals surface area contributed by atoms with Crippen molar-refractivity contribution in [2.45, 2.75) is 92.4 Å². The molecule has 4 rings (SSSR count). The highest BCUT2D eigenvalue weighted by Crippen LogP contribution is 2.54. The van der Waals surface area contributed by atoms with E-state index in [-0.39, 0.29) is 5.41 Å². The second-order valence-corrected chi connectivity index (χ2v) is 10.4. The second-order valence-electron chi connectivity index (χ2n) is 10.4. The number of hydrogen-bond donors (Lipinski definition) is 0. The molecule has 1 aliphatic carbocycles. The fourth-order valence-electron chi connectivity index (χ4n) is 5.77. The molecule has 0 fully saturated rings. The molecule has 0 saturated heterocycles. The van der Waals surface area contributed by atoms with Gasteiger partial charge >= 0.3 is 0 Å². The summed E-state index contributed by atoms with van der Waals surface area (Å²) < 4.78 is 0. The highest BCUT2D eigenvalue weighted by Gasteiger charge is 2.41. The van der Waals surface area contributed by atoms with E-state index in [1.807, 2.05) is 0 Å². The number of fused-ring (bicyclic) bond motifs is 3. The summed E-state index contributed by atoms with van der Waals surface area (Å²) in [6.45, 7) is 16.1. The molecule has 0 radical (unpaired) electrons. The predicted molar refractivity (Wildman–Crippen MR) is 140 cm³/mol. The van der Waals surface area contributed by atoms with Gasteiger partial charge in [-0.05, 0) is 110 Å². The highest BCUT2D eigenvalue weighted by molar-refractivity contribution is 5.85. The summed E-state index contributed by atoms with van der Waals surface area (Å²) >= 11 is 0. The Morgan fingerprint density at radius 3 is 1.44 bits per heavy atom. The lowest BCUT2D eigenvalue weighted by atomic mass is 9.72. The van der Waals surface area contributed by atoms with Crippen LogP contribution in [0.3, 0.4) is 0 Å². The normalized spacial score (nSPS) is 13.8. The van der Waals surface area contributed by atoms with E-state index in [9.17, 15) is 0 Å². The summed E-state index contributed by atoms with van der Waals surface area (Å²) in [6.07, 6.45) is 7.37. The Balaban J connectivity index is 2.00. The van der Waals surface area contributed by atoms with E-state index in [0.717, 1.165) is 0 Å². The molecule has 0 amide bonds. The van der Waals surface area contributed by atoms with Crippen LogP contribution < -0.4 is 0 Å². The predicted octanol–water partition coefficient (Wildman–Crippen LogP) is 8.94. The Morgan fingerprint density at radius 1 is 0.594 bits per heavy atom. The standard InChI is InChI=1S/C32H40/c1-8-10-12-25-19-28-29-20-26(13-11-9-2)24(6)18-31(29)32(7,30(28)17-23(25)5)27-15-21(3)14-22(4)16-27/h14-20H,8-13H2,1-7H3. The van der Waals surface area contributed by atoms with E-state index in [0.29, 0.717) is 0 Å². The van der Waals surface area contributed by atoms with Gasteiger partial charge in [0.05, 0.1) is 0 Å². The molecule has 0 nitrogen and oxygen atoms in total. The van der Waals surface area contributed by atoms with E-state index in [1.165, 1.54) is 99.7 Å². The topological polar surface area (TPSA) is 0 Å². The van der Waals surface area contributed by atoms with Crippen molar-refractivity contribution in [3.8, 4) is 11.1 Å². The first kappa shape index (κ1) is 22.8. The number of aryl methyl sites for hydroxylation is 6. The fourth-order valence-corrected chi connectivity index (χ4v) is 5.77. The van der Waals surface area contributed by atoms with Gasteiger partial charge in [-0.1, -0.05) is 80.3 Å². The van der Waals surface area contributed by atoms with Crippen LogP contribution in [0, 0.1) is 27.7 Å². The average molecular weight is 425 g/mol. The van der Waals surface area contributed by atoms with Gasteiger partial charge in [-0.2, -0.15) is 0 Å². The molecule has 0 unspecified atom stereocenters. The zero-order valence-corrected chi connectivity index (χ0v) is 21.3. The van der Waals surface area contributed by atoms with Gasteiger partial charge in [0.25, 0.3) is 0 Å². The molecule has 168 valence electrons. The molecule has 3 aromatic carbocycles. The van der Waals surface area contributed by atoms with Gasteiger partial charge in [-0.25, -0.2) is 0 Å². The van der Waals surface area contributed by atoms with E-state index in [2.05, 4.69) is 90.9 Å². The number of hydrogen-bond acceptors (Lipinski definition) is 0. The van der Waals surface area contributed by atoms with Crippen LogP contribution in [0.15, 0.2) is 42.5 Å². The number of unbranched alkanes of at least 4 members (excludes halogenated alkanes) is 2. The molecule has 32 heavy (non-hydrogen) atoms. The maximum atomic E-state index is 2.53. The van der Waals surface area contributed by atoms with E-state index >= 15 is 0 Å². The third kappa shape index (κ3) is 3.83. The van der Waals surface area contributed by atoms with E-state index < -0.39 is 0 Å². The number of benzene rings is 3. The molecule has 1 aliphatic rings. The zero-order valence-electron chi connectivity index (χ0n) is 21.3. The van der Waals surface area contributed by atoms with E-state index in [1.54, 1.807) is 0 Å². The summed E-state index contributed by atoms with van der Waals surface area (Å²) in [5.41, 5.74) is 15.9. The average Bonchev–Trinajstić information content (AvgIpc) is 2.98. The molecular weight excluding hydrogens is 384 g/mol. The van der Waals surface area contributed by atoms with Crippen molar-refractivity contribution in [2.24, 2.45) is 0 Å². The van der Waals surface area contributed by atoms with Crippen LogP contribution in [0.4, 0.5) is 0 Å². The lowest BCUT2D eigenvalue weighted by Crippen LogP contribution is -2.23. The third-order valence-electron chi connectivity index (χ3n) is 7.72. The van der Waals surface area contributed by atoms with Crippen molar-refractivity contribution >= 4 is 0 Å². The smallest absolute Gasteiger partial charge is 0.0435 e. The Kier molecular flexibility index (Phi) is 6.35. The van der Waals surface area contributed by atoms with Crippen LogP contribution in [0.25, 0.3) is 11.1 Å². The van der Waals surface area contributed by atoms with Crippen molar-refractivity contribution in [3.05, 3.63) is 92.5 Å². The van der Waals surface area contributed by atoms with Gasteiger partial charge in [0.2, 0.25) is 0 Å². The lowest BCUT2D eigenvalue weighted by molar-refractivity contribution is 0.708. The molecule has 0 atom stereocenters. The molecule has 3 aromatic rings. The van der Waals surface area contributed by atoms with Crippen molar-refractivity contribution < 1.29 is 0 Å².